The zero-order valence-corrected chi connectivity index (χ0v) is 25.4. The highest BCUT2D eigenvalue weighted by atomic mass is 32.1. The predicted molar refractivity (Wildman–Crippen MR) is 161 cm³/mol. The summed E-state index contributed by atoms with van der Waals surface area (Å²) in [7, 11) is 3.80. The fraction of sp³-hybridized carbons (Fsp3) is 0.464. The third-order valence-electron chi connectivity index (χ3n) is 7.81. The van der Waals surface area contributed by atoms with Gasteiger partial charge in [0.05, 0.1) is 24.9 Å². The van der Waals surface area contributed by atoms with Crippen LogP contribution in [0, 0.1) is 17.1 Å². The highest BCUT2D eigenvalue weighted by molar-refractivity contribution is 7.20. The number of thiazole rings is 1. The van der Waals surface area contributed by atoms with Gasteiger partial charge >= 0.3 is 6.03 Å². The van der Waals surface area contributed by atoms with Crippen LogP contribution in [0.1, 0.15) is 30.3 Å². The van der Waals surface area contributed by atoms with E-state index in [9.17, 15) is 14.4 Å². The molecule has 1 unspecified atom stereocenters. The summed E-state index contributed by atoms with van der Waals surface area (Å²) in [6, 6.07) is 8.38. The van der Waals surface area contributed by atoms with E-state index in [1.54, 1.807) is 12.1 Å². The van der Waals surface area contributed by atoms with Crippen molar-refractivity contribution in [2.45, 2.75) is 32.2 Å². The fourth-order valence-electron chi connectivity index (χ4n) is 5.47. The fourth-order valence-corrected chi connectivity index (χ4v) is 7.27. The second-order valence-corrected chi connectivity index (χ2v) is 12.3. The maximum atomic E-state index is 13.5. The van der Waals surface area contributed by atoms with Gasteiger partial charge in [0, 0.05) is 45.8 Å². The van der Waals surface area contributed by atoms with E-state index in [-0.39, 0.29) is 17.9 Å². The number of benzene rings is 1. The molecule has 0 N–H and O–H groups in total. The van der Waals surface area contributed by atoms with Gasteiger partial charge < -0.3 is 24.3 Å². The summed E-state index contributed by atoms with van der Waals surface area (Å²) in [6.45, 7) is 6.02. The molecule has 2 amide bonds. The molecule has 1 atom stereocenters. The third kappa shape index (κ3) is 5.28. The molecule has 0 radical (unpaired) electrons. The van der Waals surface area contributed by atoms with E-state index in [1.165, 1.54) is 34.8 Å². The quantitative estimate of drug-likeness (QED) is 0.312. The number of imidazole rings is 1. The number of hydrogen-bond acceptors (Lipinski definition) is 10. The number of piperidine rings is 1. The molecule has 220 valence electrons. The monoisotopic (exact) mass is 609 g/mol. The zero-order chi connectivity index (χ0) is 29.4. The lowest BCUT2D eigenvalue weighted by Gasteiger charge is -2.40. The van der Waals surface area contributed by atoms with Crippen LogP contribution in [0.3, 0.4) is 0 Å². The van der Waals surface area contributed by atoms with Gasteiger partial charge in [-0.2, -0.15) is 9.78 Å². The summed E-state index contributed by atoms with van der Waals surface area (Å²) in [4.78, 5) is 31.9. The number of fused-ring (bicyclic) bond motifs is 1. The smallest absolute Gasteiger partial charge is 0.320 e. The standard InChI is InChI=1S/C28H32FN9O2S2/c1-4-21-24(35(3)25-32-23(22(16-30)41-25)18-7-9-19(29)10-8-18)38-26(31-21)42-27(33-38)37-11-5-6-20(17-37)34(2)28(39)36-12-14-40-15-13-36/h7-10,20H,4-6,11-15,17H2,1-3H3. The second-order valence-electron chi connectivity index (χ2n) is 10.4. The van der Waals surface area contributed by atoms with Crippen LogP contribution in [0.15, 0.2) is 24.3 Å². The Morgan fingerprint density at radius 2 is 1.93 bits per heavy atom. The summed E-state index contributed by atoms with van der Waals surface area (Å²) < 4.78 is 20.8. The maximum absolute atomic E-state index is 13.5. The van der Waals surface area contributed by atoms with Crippen molar-refractivity contribution in [3.8, 4) is 17.3 Å². The first-order valence-corrected chi connectivity index (χ1v) is 15.6. The van der Waals surface area contributed by atoms with E-state index < -0.39 is 0 Å². The average Bonchev–Trinajstić information content (AvgIpc) is 3.74. The number of amides is 2. The molecule has 0 saturated carbocycles. The van der Waals surface area contributed by atoms with Crippen molar-refractivity contribution in [3.05, 3.63) is 40.7 Å². The zero-order valence-electron chi connectivity index (χ0n) is 23.8. The van der Waals surface area contributed by atoms with Gasteiger partial charge in [0.1, 0.15) is 22.5 Å². The van der Waals surface area contributed by atoms with Crippen LogP contribution in [0.2, 0.25) is 0 Å². The van der Waals surface area contributed by atoms with Crippen LogP contribution in [-0.4, -0.2) is 94.9 Å². The molecule has 2 aliphatic rings. The van der Waals surface area contributed by atoms with Crippen molar-refractivity contribution >= 4 is 49.7 Å². The number of aryl methyl sites for hydroxylation is 1. The summed E-state index contributed by atoms with van der Waals surface area (Å²) in [5, 5.41) is 16.3. The van der Waals surface area contributed by atoms with Crippen LogP contribution in [0.5, 0.6) is 0 Å². The van der Waals surface area contributed by atoms with E-state index in [1.807, 2.05) is 40.2 Å². The first-order valence-electron chi connectivity index (χ1n) is 14.0. The summed E-state index contributed by atoms with van der Waals surface area (Å²) in [6.07, 6.45) is 2.61. The number of ether oxygens (including phenoxy) is 1. The van der Waals surface area contributed by atoms with Gasteiger partial charge in [-0.3, -0.25) is 0 Å². The molecule has 0 spiro atoms. The molecule has 42 heavy (non-hydrogen) atoms. The van der Waals surface area contributed by atoms with Crippen molar-refractivity contribution < 1.29 is 13.9 Å². The first-order chi connectivity index (χ1) is 20.4. The Morgan fingerprint density at radius 3 is 2.64 bits per heavy atom. The highest BCUT2D eigenvalue weighted by Crippen LogP contribution is 2.38. The molecule has 6 rings (SSSR count). The lowest BCUT2D eigenvalue weighted by molar-refractivity contribution is 0.0414. The number of halogens is 1. The van der Waals surface area contributed by atoms with Crippen molar-refractivity contribution in [1.29, 1.82) is 5.26 Å². The number of rotatable bonds is 6. The van der Waals surface area contributed by atoms with E-state index in [0.29, 0.717) is 60.5 Å². The number of nitriles is 1. The van der Waals surface area contributed by atoms with Crippen molar-refractivity contribution in [3.63, 3.8) is 0 Å². The van der Waals surface area contributed by atoms with Gasteiger partial charge in [-0.25, -0.2) is 19.2 Å². The van der Waals surface area contributed by atoms with Gasteiger partial charge in [0.15, 0.2) is 10.9 Å². The van der Waals surface area contributed by atoms with Gasteiger partial charge in [-0.15, -0.1) is 5.10 Å². The number of likely N-dealkylation sites (N-methyl/N-ethyl adjacent to an activating group) is 1. The van der Waals surface area contributed by atoms with Crippen molar-refractivity contribution in [2.24, 2.45) is 0 Å². The SMILES string of the molecule is CCc1nc2sc(N3CCCC(N(C)C(=O)N4CCOCC4)C3)nn2c1N(C)c1nc(-c2ccc(F)cc2)c(C#N)s1. The summed E-state index contributed by atoms with van der Waals surface area (Å²) in [5.41, 5.74) is 2.09. The molecule has 0 bridgehead atoms. The minimum atomic E-state index is -0.339. The topological polar surface area (TPSA) is 106 Å². The van der Waals surface area contributed by atoms with Gasteiger partial charge in [0.2, 0.25) is 10.1 Å². The Hall–Kier alpha value is -3.80. The predicted octanol–water partition coefficient (Wildman–Crippen LogP) is 4.61. The van der Waals surface area contributed by atoms with Gasteiger partial charge in [-0.1, -0.05) is 29.6 Å². The second kappa shape index (κ2) is 11.8. The summed E-state index contributed by atoms with van der Waals surface area (Å²) in [5.74, 6) is 0.459. The number of carbonyl (C=O) groups excluding carboxylic acids is 1. The van der Waals surface area contributed by atoms with Crippen molar-refractivity contribution in [2.75, 3.05) is 63.3 Å². The van der Waals surface area contributed by atoms with Crippen LogP contribution >= 0.6 is 22.7 Å². The Kier molecular flexibility index (Phi) is 7.98. The lowest BCUT2D eigenvalue weighted by Crippen LogP contribution is -2.54. The van der Waals surface area contributed by atoms with Gasteiger partial charge in [0.25, 0.3) is 0 Å². The third-order valence-corrected chi connectivity index (χ3v) is 9.82. The average molecular weight is 610 g/mol. The van der Waals surface area contributed by atoms with Gasteiger partial charge in [-0.05, 0) is 43.5 Å². The van der Waals surface area contributed by atoms with Crippen molar-refractivity contribution in [1.82, 2.24) is 29.4 Å². The molecule has 5 heterocycles. The number of aromatic nitrogens is 4. The van der Waals surface area contributed by atoms with Crippen LogP contribution < -0.4 is 9.80 Å². The van der Waals surface area contributed by atoms with E-state index in [0.717, 1.165) is 41.0 Å². The first kappa shape index (κ1) is 28.3. The highest BCUT2D eigenvalue weighted by Gasteiger charge is 2.32. The van der Waals surface area contributed by atoms with E-state index in [2.05, 4.69) is 11.0 Å². The van der Waals surface area contributed by atoms with Crippen LogP contribution in [-0.2, 0) is 11.2 Å². The lowest BCUT2D eigenvalue weighted by atomic mass is 10.1. The molecular formula is C28H32FN9O2S2. The van der Waals surface area contributed by atoms with Crippen LogP contribution in [0.25, 0.3) is 16.2 Å². The largest absolute Gasteiger partial charge is 0.378 e. The van der Waals surface area contributed by atoms with Crippen LogP contribution in [0.4, 0.5) is 25.3 Å². The molecule has 11 nitrogen and oxygen atoms in total. The Labute approximate surface area is 251 Å². The molecule has 1 aromatic carbocycles. The normalized spacial score (nSPS) is 17.5. The number of anilines is 3. The maximum Gasteiger partial charge on any atom is 0.320 e. The summed E-state index contributed by atoms with van der Waals surface area (Å²) >= 11 is 2.81. The molecule has 2 aliphatic heterocycles. The molecule has 2 saturated heterocycles. The molecule has 0 aliphatic carbocycles. The Bertz CT molecular complexity index is 1620. The number of carbonyl (C=O) groups is 1. The van der Waals surface area contributed by atoms with E-state index >= 15 is 0 Å². The molecule has 14 heteroatoms. The molecule has 3 aromatic heterocycles. The minimum absolute atomic E-state index is 0.0517. The molecule has 2 fully saturated rings. The number of urea groups is 1. The number of nitrogens with zero attached hydrogens (tertiary/aromatic N) is 9. The molecule has 4 aromatic rings. The number of morpholine rings is 1. The van der Waals surface area contributed by atoms with E-state index in [4.69, 9.17) is 19.8 Å². The Morgan fingerprint density at radius 1 is 1.17 bits per heavy atom. The number of hydrogen-bond donors (Lipinski definition) is 0. The Balaban J connectivity index is 1.26. The minimum Gasteiger partial charge on any atom is -0.378 e. The molecular weight excluding hydrogens is 578 g/mol.